The molecule has 1 aliphatic carbocycles. The van der Waals surface area contributed by atoms with E-state index in [1.165, 1.54) is 4.90 Å². The smallest absolute Gasteiger partial charge is 0.323 e. The van der Waals surface area contributed by atoms with Crippen LogP contribution in [0.3, 0.4) is 0 Å². The summed E-state index contributed by atoms with van der Waals surface area (Å²) in [6.07, 6.45) is 3.06. The number of hydrogen-bond acceptors (Lipinski definition) is 2. The molecule has 19 heavy (non-hydrogen) atoms. The molecule has 4 nitrogen and oxygen atoms in total. The van der Waals surface area contributed by atoms with Crippen molar-refractivity contribution in [3.05, 3.63) is 12.2 Å². The lowest BCUT2D eigenvalue weighted by Gasteiger charge is -2.42. The van der Waals surface area contributed by atoms with Crippen LogP contribution in [0.1, 0.15) is 33.1 Å². The van der Waals surface area contributed by atoms with Gasteiger partial charge in [0.1, 0.15) is 5.54 Å². The molecule has 106 valence electrons. The fourth-order valence-electron chi connectivity index (χ4n) is 3.36. The van der Waals surface area contributed by atoms with Gasteiger partial charge in [-0.25, -0.2) is 4.79 Å². The molecule has 2 aliphatic rings. The average Bonchev–Trinajstić information content (AvgIpc) is 2.62. The molecule has 1 heterocycles. The van der Waals surface area contributed by atoms with Crippen molar-refractivity contribution in [1.29, 1.82) is 0 Å². The van der Waals surface area contributed by atoms with Gasteiger partial charge in [-0.2, -0.15) is 0 Å². The van der Waals surface area contributed by atoms with Gasteiger partial charge in [0.2, 0.25) is 0 Å². The van der Waals surface area contributed by atoms with Crippen LogP contribution in [0, 0.1) is 11.8 Å². The minimum absolute atomic E-state index is 0.108. The Morgan fingerprint density at radius 1 is 1.42 bits per heavy atom. The van der Waals surface area contributed by atoms with E-state index in [9.17, 15) is 9.59 Å². The van der Waals surface area contributed by atoms with E-state index in [4.69, 9.17) is 11.6 Å². The van der Waals surface area contributed by atoms with Crippen LogP contribution >= 0.6 is 11.6 Å². The highest BCUT2D eigenvalue weighted by molar-refractivity contribution is 6.19. The van der Waals surface area contributed by atoms with Gasteiger partial charge in [-0.1, -0.05) is 26.8 Å². The molecule has 5 heteroatoms. The molecule has 3 amide bonds. The Balaban J connectivity index is 2.27. The van der Waals surface area contributed by atoms with Crippen molar-refractivity contribution in [2.24, 2.45) is 11.8 Å². The summed E-state index contributed by atoms with van der Waals surface area (Å²) in [4.78, 5) is 26.1. The number of imide groups is 1. The lowest BCUT2D eigenvalue weighted by atomic mass is 9.67. The van der Waals surface area contributed by atoms with E-state index in [2.05, 4.69) is 11.9 Å². The Bertz CT molecular complexity index is 412. The minimum atomic E-state index is -0.720. The summed E-state index contributed by atoms with van der Waals surface area (Å²) in [6, 6.07) is -0.308. The number of hydrogen-bond donors (Lipinski definition) is 1. The summed E-state index contributed by atoms with van der Waals surface area (Å²) in [7, 11) is 0. The number of rotatable bonds is 3. The van der Waals surface area contributed by atoms with Crippen LogP contribution in [0.2, 0.25) is 0 Å². The van der Waals surface area contributed by atoms with Crippen molar-refractivity contribution in [2.75, 3.05) is 12.4 Å². The van der Waals surface area contributed by atoms with Gasteiger partial charge >= 0.3 is 6.03 Å². The molecule has 1 saturated carbocycles. The highest BCUT2D eigenvalue weighted by Crippen LogP contribution is 2.42. The monoisotopic (exact) mass is 284 g/mol. The van der Waals surface area contributed by atoms with Crippen molar-refractivity contribution in [2.45, 2.75) is 38.6 Å². The van der Waals surface area contributed by atoms with Crippen LogP contribution in [0.15, 0.2) is 12.2 Å². The second kappa shape index (κ2) is 5.16. The molecular weight excluding hydrogens is 264 g/mol. The Labute approximate surface area is 119 Å². The summed E-state index contributed by atoms with van der Waals surface area (Å²) in [6.45, 7) is 8.09. The first-order valence-electron chi connectivity index (χ1n) is 6.80. The standard InChI is InChI=1S/C14H21ClN2O2/c1-9(7-15)8-17-12(18)14(16-13(17)19)10(2)5-4-6-11(14)3/h10-11H,1,4-8H2,2-3H3,(H,16,19). The van der Waals surface area contributed by atoms with Crippen molar-refractivity contribution in [3.8, 4) is 0 Å². The molecule has 0 aromatic carbocycles. The molecule has 2 atom stereocenters. The zero-order valence-electron chi connectivity index (χ0n) is 11.5. The van der Waals surface area contributed by atoms with Crippen molar-refractivity contribution in [1.82, 2.24) is 10.2 Å². The lowest BCUT2D eigenvalue weighted by molar-refractivity contribution is -0.136. The number of carbonyl (C=O) groups excluding carboxylic acids is 2. The van der Waals surface area contributed by atoms with Gasteiger partial charge in [0.15, 0.2) is 0 Å². The largest absolute Gasteiger partial charge is 0.325 e. The molecular formula is C14H21ClN2O2. The molecule has 1 N–H and O–H groups in total. The van der Waals surface area contributed by atoms with E-state index >= 15 is 0 Å². The molecule has 1 spiro atoms. The molecule has 1 saturated heterocycles. The molecule has 0 aromatic rings. The van der Waals surface area contributed by atoms with Gasteiger partial charge < -0.3 is 5.32 Å². The number of nitrogens with one attached hydrogen (secondary N) is 1. The number of urea groups is 1. The second-order valence-corrected chi connectivity index (χ2v) is 6.07. The molecule has 0 radical (unpaired) electrons. The van der Waals surface area contributed by atoms with Crippen LogP contribution in [0.4, 0.5) is 4.79 Å². The van der Waals surface area contributed by atoms with Gasteiger partial charge in [-0.15, -0.1) is 11.6 Å². The Morgan fingerprint density at radius 3 is 2.53 bits per heavy atom. The number of carbonyl (C=O) groups is 2. The Hall–Kier alpha value is -1.03. The fraction of sp³-hybridized carbons (Fsp3) is 0.714. The Morgan fingerprint density at radius 2 is 2.00 bits per heavy atom. The summed E-state index contributed by atoms with van der Waals surface area (Å²) >= 11 is 5.69. The summed E-state index contributed by atoms with van der Waals surface area (Å²) in [5.74, 6) is 0.488. The van der Waals surface area contributed by atoms with E-state index in [1.54, 1.807) is 0 Å². The summed E-state index contributed by atoms with van der Waals surface area (Å²) in [5, 5.41) is 2.95. The Kier molecular flexibility index (Phi) is 3.90. The number of nitrogens with zero attached hydrogens (tertiary/aromatic N) is 1. The number of amides is 3. The van der Waals surface area contributed by atoms with Gasteiger partial charge in [0.25, 0.3) is 5.91 Å². The summed E-state index contributed by atoms with van der Waals surface area (Å²) < 4.78 is 0. The number of alkyl halides is 1. The maximum absolute atomic E-state index is 12.7. The van der Waals surface area contributed by atoms with Gasteiger partial charge in [-0.05, 0) is 30.3 Å². The normalized spacial score (nSPS) is 34.8. The third-order valence-electron chi connectivity index (χ3n) is 4.56. The molecule has 1 aliphatic heterocycles. The SMILES string of the molecule is C=C(CCl)CN1C(=O)NC2(C1=O)C(C)CCCC2C. The zero-order valence-corrected chi connectivity index (χ0v) is 12.3. The van der Waals surface area contributed by atoms with Gasteiger partial charge in [-0.3, -0.25) is 9.69 Å². The number of halogens is 1. The predicted molar refractivity (Wildman–Crippen MR) is 75.0 cm³/mol. The van der Waals surface area contributed by atoms with Gasteiger partial charge in [0, 0.05) is 5.88 Å². The maximum atomic E-state index is 12.7. The van der Waals surface area contributed by atoms with E-state index in [0.717, 1.165) is 19.3 Å². The first-order valence-corrected chi connectivity index (χ1v) is 7.33. The lowest BCUT2D eigenvalue weighted by Crippen LogP contribution is -2.58. The van der Waals surface area contributed by atoms with Crippen LogP contribution in [0.25, 0.3) is 0 Å². The first-order chi connectivity index (χ1) is 8.93. The topological polar surface area (TPSA) is 49.4 Å². The third kappa shape index (κ3) is 2.16. The zero-order chi connectivity index (χ0) is 14.2. The highest BCUT2D eigenvalue weighted by Gasteiger charge is 2.58. The first kappa shape index (κ1) is 14.4. The molecule has 2 rings (SSSR count). The predicted octanol–water partition coefficient (Wildman–Crippen LogP) is 2.53. The van der Waals surface area contributed by atoms with Crippen LogP contribution < -0.4 is 5.32 Å². The quantitative estimate of drug-likeness (QED) is 0.492. The third-order valence-corrected chi connectivity index (χ3v) is 4.94. The maximum Gasteiger partial charge on any atom is 0.325 e. The van der Waals surface area contributed by atoms with E-state index < -0.39 is 5.54 Å². The fourth-order valence-corrected chi connectivity index (χ4v) is 3.45. The van der Waals surface area contributed by atoms with Crippen LogP contribution in [-0.4, -0.2) is 34.8 Å². The molecule has 2 unspecified atom stereocenters. The van der Waals surface area contributed by atoms with E-state index in [1.807, 2.05) is 13.8 Å². The molecule has 0 aromatic heterocycles. The van der Waals surface area contributed by atoms with Crippen molar-refractivity contribution < 1.29 is 9.59 Å². The highest BCUT2D eigenvalue weighted by atomic mass is 35.5. The van der Waals surface area contributed by atoms with Crippen molar-refractivity contribution >= 4 is 23.5 Å². The molecule has 2 fully saturated rings. The van der Waals surface area contributed by atoms with E-state index in [0.29, 0.717) is 5.57 Å². The molecule has 0 bridgehead atoms. The van der Waals surface area contributed by atoms with Crippen LogP contribution in [0.5, 0.6) is 0 Å². The van der Waals surface area contributed by atoms with Crippen molar-refractivity contribution in [3.63, 3.8) is 0 Å². The van der Waals surface area contributed by atoms with E-state index in [-0.39, 0.29) is 36.2 Å². The average molecular weight is 285 g/mol. The minimum Gasteiger partial charge on any atom is -0.323 e. The van der Waals surface area contributed by atoms with Gasteiger partial charge in [0.05, 0.1) is 6.54 Å². The second-order valence-electron chi connectivity index (χ2n) is 5.81. The van der Waals surface area contributed by atoms with Crippen LogP contribution in [-0.2, 0) is 4.79 Å². The summed E-state index contributed by atoms with van der Waals surface area (Å²) in [5.41, 5.74) is -0.0413.